The number of allylic oxidation sites excluding steroid dienone is 1. The number of fused-ring (bicyclic) bond motifs is 5. The van der Waals surface area contributed by atoms with Gasteiger partial charge in [0.05, 0.1) is 18.3 Å². The van der Waals surface area contributed by atoms with Crippen LogP contribution in [0.25, 0.3) is 0 Å². The molecule has 30 heavy (non-hydrogen) atoms. The lowest BCUT2D eigenvalue weighted by Crippen LogP contribution is -2.50. The number of aliphatic hydroxyl groups excluding tert-OH is 1. The molecular weight excluding hydrogens is 372 g/mol. The third-order valence-electron chi connectivity index (χ3n) is 10.8. The van der Waals surface area contributed by atoms with E-state index in [1.165, 1.54) is 44.9 Å². The largest absolute Gasteiger partial charge is 0.393 e. The van der Waals surface area contributed by atoms with Gasteiger partial charge in [0.2, 0.25) is 0 Å². The zero-order chi connectivity index (χ0) is 21.0. The second kappa shape index (κ2) is 7.89. The predicted octanol–water partition coefficient (Wildman–Crippen LogP) is 5.64. The van der Waals surface area contributed by atoms with Gasteiger partial charge in [0.1, 0.15) is 0 Å². The molecule has 3 nitrogen and oxygen atoms in total. The normalized spacial score (nSPS) is 50.9. The highest BCUT2D eigenvalue weighted by Gasteiger charge is 2.58. The molecule has 2 N–H and O–H groups in total. The Morgan fingerprint density at radius 2 is 1.93 bits per heavy atom. The zero-order valence-electron chi connectivity index (χ0n) is 19.4. The van der Waals surface area contributed by atoms with Gasteiger partial charge in [0.25, 0.3) is 0 Å². The van der Waals surface area contributed by atoms with Crippen molar-refractivity contribution in [3.63, 3.8) is 0 Å². The summed E-state index contributed by atoms with van der Waals surface area (Å²) in [6.07, 6.45) is 17.7. The summed E-state index contributed by atoms with van der Waals surface area (Å²) in [7, 11) is 0. The van der Waals surface area contributed by atoms with Crippen LogP contribution in [0.15, 0.2) is 11.6 Å². The number of ether oxygens (including phenoxy) is 1. The zero-order valence-corrected chi connectivity index (χ0v) is 19.4. The van der Waals surface area contributed by atoms with E-state index in [-0.39, 0.29) is 6.10 Å². The number of hydrogen-bond donors (Lipinski definition) is 2. The molecule has 4 aliphatic carbocycles. The van der Waals surface area contributed by atoms with Crippen molar-refractivity contribution in [3.05, 3.63) is 11.6 Å². The first-order valence-electron chi connectivity index (χ1n) is 13.0. The van der Waals surface area contributed by atoms with Crippen molar-refractivity contribution in [1.82, 2.24) is 0 Å². The molecule has 3 saturated carbocycles. The van der Waals surface area contributed by atoms with Gasteiger partial charge in [-0.15, -0.1) is 0 Å². The Labute approximate surface area is 183 Å². The molecule has 0 aromatic rings. The Morgan fingerprint density at radius 1 is 1.07 bits per heavy atom. The summed E-state index contributed by atoms with van der Waals surface area (Å²) in [5.74, 6) is 3.40. The van der Waals surface area contributed by atoms with Crippen molar-refractivity contribution >= 4 is 0 Å². The molecule has 8 atom stereocenters. The molecule has 6 unspecified atom stereocenters. The lowest BCUT2D eigenvalue weighted by atomic mass is 9.47. The third kappa shape index (κ3) is 3.52. The highest BCUT2D eigenvalue weighted by molar-refractivity contribution is 5.25. The van der Waals surface area contributed by atoms with Crippen LogP contribution in [0.4, 0.5) is 0 Å². The smallest absolute Gasteiger partial charge is 0.0881 e. The maximum atomic E-state index is 10.8. The van der Waals surface area contributed by atoms with Gasteiger partial charge in [-0.2, -0.15) is 0 Å². The van der Waals surface area contributed by atoms with E-state index >= 15 is 0 Å². The molecule has 0 aromatic heterocycles. The van der Waals surface area contributed by atoms with Crippen LogP contribution in [0.5, 0.6) is 0 Å². The van der Waals surface area contributed by atoms with E-state index in [4.69, 9.17) is 4.74 Å². The molecule has 1 aliphatic heterocycles. The van der Waals surface area contributed by atoms with Crippen molar-refractivity contribution in [2.75, 3.05) is 13.2 Å². The summed E-state index contributed by atoms with van der Waals surface area (Å²) in [4.78, 5) is 0. The van der Waals surface area contributed by atoms with Crippen molar-refractivity contribution in [2.45, 2.75) is 109 Å². The Morgan fingerprint density at radius 3 is 2.73 bits per heavy atom. The van der Waals surface area contributed by atoms with Gasteiger partial charge in [0.15, 0.2) is 0 Å². The van der Waals surface area contributed by atoms with E-state index in [0.29, 0.717) is 17.4 Å². The van der Waals surface area contributed by atoms with Gasteiger partial charge in [0, 0.05) is 6.61 Å². The Balaban J connectivity index is 1.25. The SMILES string of the molecule is CC12CCC3C(CC=C4CC(O)CC[C@@]43C)C1CC[C@@H]2CCCC1(O)CCCOC1. The van der Waals surface area contributed by atoms with Crippen molar-refractivity contribution in [1.29, 1.82) is 0 Å². The summed E-state index contributed by atoms with van der Waals surface area (Å²) in [5.41, 5.74) is 1.89. The van der Waals surface area contributed by atoms with Crippen LogP contribution in [-0.2, 0) is 4.74 Å². The Kier molecular flexibility index (Phi) is 5.64. The monoisotopic (exact) mass is 416 g/mol. The Bertz CT molecular complexity index is 665. The average Bonchev–Trinajstić information content (AvgIpc) is 3.05. The summed E-state index contributed by atoms with van der Waals surface area (Å²) in [5, 5.41) is 21.0. The number of hydrogen-bond acceptors (Lipinski definition) is 3. The van der Waals surface area contributed by atoms with E-state index in [9.17, 15) is 10.2 Å². The van der Waals surface area contributed by atoms with Crippen LogP contribution >= 0.6 is 0 Å². The van der Waals surface area contributed by atoms with Crippen LogP contribution < -0.4 is 0 Å². The van der Waals surface area contributed by atoms with Crippen LogP contribution in [0, 0.1) is 34.5 Å². The molecular formula is C27H44O3. The lowest BCUT2D eigenvalue weighted by molar-refractivity contribution is -0.0923. The molecule has 0 spiro atoms. The molecule has 3 heteroatoms. The topological polar surface area (TPSA) is 49.7 Å². The van der Waals surface area contributed by atoms with Crippen LogP contribution in [0.2, 0.25) is 0 Å². The van der Waals surface area contributed by atoms with Crippen LogP contribution in [0.1, 0.15) is 97.3 Å². The summed E-state index contributed by atoms with van der Waals surface area (Å²) in [6.45, 7) is 6.52. The molecule has 0 aromatic carbocycles. The van der Waals surface area contributed by atoms with Gasteiger partial charge < -0.3 is 14.9 Å². The molecule has 0 radical (unpaired) electrons. The average molecular weight is 417 g/mol. The molecule has 4 fully saturated rings. The fourth-order valence-corrected chi connectivity index (χ4v) is 8.94. The minimum Gasteiger partial charge on any atom is -0.393 e. The van der Waals surface area contributed by atoms with E-state index in [1.54, 1.807) is 5.57 Å². The first-order chi connectivity index (χ1) is 14.3. The second-order valence-electron chi connectivity index (χ2n) is 12.2. The van der Waals surface area contributed by atoms with Crippen molar-refractivity contribution in [2.24, 2.45) is 34.5 Å². The van der Waals surface area contributed by atoms with Gasteiger partial charge in [-0.05, 0) is 112 Å². The van der Waals surface area contributed by atoms with E-state index in [0.717, 1.165) is 68.8 Å². The lowest BCUT2D eigenvalue weighted by Gasteiger charge is -2.58. The number of aliphatic hydroxyl groups is 2. The fraction of sp³-hybridized carbons (Fsp3) is 0.926. The van der Waals surface area contributed by atoms with Gasteiger partial charge >= 0.3 is 0 Å². The minimum atomic E-state index is -0.556. The van der Waals surface area contributed by atoms with E-state index < -0.39 is 5.60 Å². The molecule has 5 rings (SSSR count). The number of rotatable bonds is 4. The maximum absolute atomic E-state index is 10.8. The van der Waals surface area contributed by atoms with E-state index in [2.05, 4.69) is 19.9 Å². The summed E-state index contributed by atoms with van der Waals surface area (Å²) < 4.78 is 5.56. The van der Waals surface area contributed by atoms with Crippen LogP contribution in [0.3, 0.4) is 0 Å². The van der Waals surface area contributed by atoms with Gasteiger partial charge in [-0.3, -0.25) is 0 Å². The van der Waals surface area contributed by atoms with Crippen molar-refractivity contribution < 1.29 is 14.9 Å². The van der Waals surface area contributed by atoms with Gasteiger partial charge in [-0.25, -0.2) is 0 Å². The first kappa shape index (κ1) is 21.5. The molecule has 1 saturated heterocycles. The third-order valence-corrected chi connectivity index (χ3v) is 10.8. The fourth-order valence-electron chi connectivity index (χ4n) is 8.94. The maximum Gasteiger partial charge on any atom is 0.0881 e. The summed E-state index contributed by atoms with van der Waals surface area (Å²) >= 11 is 0. The van der Waals surface area contributed by atoms with Crippen molar-refractivity contribution in [3.8, 4) is 0 Å². The van der Waals surface area contributed by atoms with Gasteiger partial charge in [-0.1, -0.05) is 31.9 Å². The summed E-state index contributed by atoms with van der Waals surface area (Å²) in [6, 6.07) is 0. The molecule has 0 bridgehead atoms. The molecule has 5 aliphatic rings. The highest BCUT2D eigenvalue weighted by Crippen LogP contribution is 2.66. The quantitative estimate of drug-likeness (QED) is 0.583. The standard InChI is InChI=1S/C27H44O3/c1-25-15-11-24-22(8-6-20-17-21(28)10-14-26(20,24)2)23(25)9-7-19(25)5-3-12-27(29)13-4-16-30-18-27/h6,19,21-24,28-29H,3-5,7-18H2,1-2H3/t19-,21?,22?,23?,24?,25?,26-,27?/m0/s1. The minimum absolute atomic E-state index is 0.102. The first-order valence-corrected chi connectivity index (χ1v) is 13.0. The highest BCUT2D eigenvalue weighted by atomic mass is 16.5. The van der Waals surface area contributed by atoms with Crippen LogP contribution in [-0.4, -0.2) is 35.1 Å². The predicted molar refractivity (Wildman–Crippen MR) is 120 cm³/mol. The molecule has 0 amide bonds. The Hall–Kier alpha value is -0.380. The molecule has 1 heterocycles. The van der Waals surface area contributed by atoms with E-state index in [1.807, 2.05) is 0 Å². The second-order valence-corrected chi connectivity index (χ2v) is 12.2. The molecule has 170 valence electrons.